The van der Waals surface area contributed by atoms with Crippen LogP contribution < -0.4 is 5.32 Å². The zero-order chi connectivity index (χ0) is 11.5. The monoisotopic (exact) mass is 224 g/mol. The number of aliphatic imine (C=N–C) groups is 1. The van der Waals surface area contributed by atoms with Gasteiger partial charge in [0.1, 0.15) is 0 Å². The number of hydrogen-bond donors (Lipinski definition) is 1. The van der Waals surface area contributed by atoms with Crippen LogP contribution >= 0.6 is 0 Å². The van der Waals surface area contributed by atoms with Crippen LogP contribution in [0.2, 0.25) is 0 Å². The number of hydrogen-bond acceptors (Lipinski definition) is 2. The van der Waals surface area contributed by atoms with E-state index in [-0.39, 0.29) is 0 Å². The fourth-order valence-electron chi connectivity index (χ4n) is 2.18. The van der Waals surface area contributed by atoms with Crippen molar-refractivity contribution in [1.82, 2.24) is 5.32 Å². The highest BCUT2D eigenvalue weighted by molar-refractivity contribution is 5.83. The van der Waals surface area contributed by atoms with Crippen LogP contribution in [0.5, 0.6) is 0 Å². The van der Waals surface area contributed by atoms with Crippen molar-refractivity contribution in [3.05, 3.63) is 0 Å². The molecule has 1 aliphatic heterocycles. The van der Waals surface area contributed by atoms with Crippen molar-refractivity contribution in [3.63, 3.8) is 0 Å². The van der Waals surface area contributed by atoms with E-state index < -0.39 is 0 Å². The van der Waals surface area contributed by atoms with Crippen LogP contribution in [0.25, 0.3) is 0 Å². The minimum atomic E-state index is 1.04. The number of rotatable bonds is 9. The molecular weight excluding hydrogens is 196 g/mol. The lowest BCUT2D eigenvalue weighted by atomic mass is 10.1. The van der Waals surface area contributed by atoms with E-state index in [9.17, 15) is 0 Å². The molecule has 0 unspecified atom stereocenters. The molecule has 0 aromatic carbocycles. The van der Waals surface area contributed by atoms with Crippen molar-refractivity contribution in [2.45, 2.75) is 71.1 Å². The second kappa shape index (κ2) is 9.68. The average molecular weight is 224 g/mol. The lowest BCUT2D eigenvalue weighted by molar-refractivity contribution is 0.572. The van der Waals surface area contributed by atoms with Gasteiger partial charge < -0.3 is 5.32 Å². The molecule has 0 aromatic heterocycles. The van der Waals surface area contributed by atoms with Crippen molar-refractivity contribution < 1.29 is 0 Å². The molecule has 2 heteroatoms. The van der Waals surface area contributed by atoms with E-state index in [1.165, 1.54) is 70.0 Å². The molecule has 1 heterocycles. The van der Waals surface area contributed by atoms with Crippen molar-refractivity contribution in [1.29, 1.82) is 0 Å². The van der Waals surface area contributed by atoms with E-state index in [0.29, 0.717) is 0 Å². The van der Waals surface area contributed by atoms with Gasteiger partial charge in [0.25, 0.3) is 0 Å². The highest BCUT2D eigenvalue weighted by Crippen LogP contribution is 2.08. The Hall–Kier alpha value is -0.530. The second-order valence-corrected chi connectivity index (χ2v) is 4.83. The first kappa shape index (κ1) is 13.5. The van der Waals surface area contributed by atoms with E-state index in [1.54, 1.807) is 0 Å². The maximum absolute atomic E-state index is 4.41. The quantitative estimate of drug-likeness (QED) is 0.590. The molecule has 0 fully saturated rings. The van der Waals surface area contributed by atoms with Crippen molar-refractivity contribution in [2.75, 3.05) is 13.1 Å². The molecule has 0 aromatic rings. The maximum Gasteiger partial charge on any atom is 0.0963 e. The first-order chi connectivity index (χ1) is 7.93. The van der Waals surface area contributed by atoms with Gasteiger partial charge in [0, 0.05) is 19.5 Å². The van der Waals surface area contributed by atoms with Crippen molar-refractivity contribution in [3.8, 4) is 0 Å². The number of nitrogens with zero attached hydrogens (tertiary/aromatic N) is 1. The topological polar surface area (TPSA) is 24.4 Å². The number of nitrogens with one attached hydrogen (secondary N) is 1. The molecule has 94 valence electrons. The summed E-state index contributed by atoms with van der Waals surface area (Å²) in [6.45, 7) is 4.45. The molecule has 1 rings (SSSR count). The Bertz CT molecular complexity index is 187. The molecule has 0 bridgehead atoms. The van der Waals surface area contributed by atoms with Gasteiger partial charge in [0.05, 0.1) is 5.84 Å². The van der Waals surface area contributed by atoms with Crippen LogP contribution in [0.15, 0.2) is 4.99 Å². The Morgan fingerprint density at radius 2 is 1.69 bits per heavy atom. The Morgan fingerprint density at radius 1 is 1.00 bits per heavy atom. The molecule has 0 aliphatic carbocycles. The normalized spacial score (nSPS) is 15.2. The number of unbranched alkanes of at least 4 members (excludes halogenated alkanes) is 7. The van der Waals surface area contributed by atoms with Crippen LogP contribution in [0.1, 0.15) is 71.1 Å². The van der Waals surface area contributed by atoms with Gasteiger partial charge in [-0.1, -0.05) is 51.9 Å². The van der Waals surface area contributed by atoms with Gasteiger partial charge in [0.2, 0.25) is 0 Å². The van der Waals surface area contributed by atoms with E-state index in [1.807, 2.05) is 0 Å². The molecule has 0 amide bonds. The summed E-state index contributed by atoms with van der Waals surface area (Å²) in [6, 6.07) is 0. The largest absolute Gasteiger partial charge is 0.374 e. The van der Waals surface area contributed by atoms with Crippen LogP contribution in [0, 0.1) is 0 Å². The summed E-state index contributed by atoms with van der Waals surface area (Å²) in [4.78, 5) is 4.41. The summed E-state index contributed by atoms with van der Waals surface area (Å²) in [6.07, 6.45) is 13.6. The Balaban J connectivity index is 1.74. The Morgan fingerprint density at radius 3 is 2.31 bits per heavy atom. The third kappa shape index (κ3) is 6.86. The standard InChI is InChI=1S/C14H28N2/c1-2-3-4-5-6-7-8-9-12-15-14-11-10-13-16-14/h2-13H2,1H3,(H,15,16). The van der Waals surface area contributed by atoms with Crippen LogP contribution in [0.3, 0.4) is 0 Å². The Labute approximate surface area is 101 Å². The molecule has 0 spiro atoms. The van der Waals surface area contributed by atoms with Gasteiger partial charge in [-0.2, -0.15) is 0 Å². The third-order valence-electron chi connectivity index (χ3n) is 3.23. The van der Waals surface area contributed by atoms with Gasteiger partial charge in [-0.05, 0) is 12.8 Å². The molecule has 2 nitrogen and oxygen atoms in total. The highest BCUT2D eigenvalue weighted by Gasteiger charge is 2.03. The fraction of sp³-hybridized carbons (Fsp3) is 0.929. The van der Waals surface area contributed by atoms with Crippen molar-refractivity contribution >= 4 is 5.84 Å². The molecule has 0 saturated carbocycles. The molecule has 16 heavy (non-hydrogen) atoms. The van der Waals surface area contributed by atoms with Gasteiger partial charge >= 0.3 is 0 Å². The lowest BCUT2D eigenvalue weighted by Gasteiger charge is -2.05. The van der Waals surface area contributed by atoms with E-state index in [0.717, 1.165) is 13.1 Å². The molecule has 1 N–H and O–H groups in total. The van der Waals surface area contributed by atoms with Crippen molar-refractivity contribution in [2.24, 2.45) is 4.99 Å². The highest BCUT2D eigenvalue weighted by atomic mass is 15.0. The zero-order valence-corrected chi connectivity index (χ0v) is 10.9. The van der Waals surface area contributed by atoms with Crippen LogP contribution in [-0.4, -0.2) is 18.9 Å². The van der Waals surface area contributed by atoms with Gasteiger partial charge in [-0.15, -0.1) is 0 Å². The summed E-state index contributed by atoms with van der Waals surface area (Å²) in [5.41, 5.74) is 0. The van der Waals surface area contributed by atoms with Crippen LogP contribution in [0.4, 0.5) is 0 Å². The number of amidine groups is 1. The predicted octanol–water partition coefficient (Wildman–Crippen LogP) is 3.91. The molecule has 0 atom stereocenters. The third-order valence-corrected chi connectivity index (χ3v) is 3.23. The summed E-state index contributed by atoms with van der Waals surface area (Å²) in [7, 11) is 0. The van der Waals surface area contributed by atoms with E-state index >= 15 is 0 Å². The average Bonchev–Trinajstić information content (AvgIpc) is 2.80. The Kier molecular flexibility index (Phi) is 8.19. The van der Waals surface area contributed by atoms with Crippen LogP contribution in [-0.2, 0) is 0 Å². The summed E-state index contributed by atoms with van der Waals surface area (Å²) >= 11 is 0. The van der Waals surface area contributed by atoms with Gasteiger partial charge in [-0.25, -0.2) is 0 Å². The lowest BCUT2D eigenvalue weighted by Crippen LogP contribution is -2.22. The van der Waals surface area contributed by atoms with Gasteiger partial charge in [-0.3, -0.25) is 4.99 Å². The second-order valence-electron chi connectivity index (χ2n) is 4.83. The maximum atomic E-state index is 4.41. The molecular formula is C14H28N2. The molecule has 1 aliphatic rings. The first-order valence-corrected chi connectivity index (χ1v) is 7.20. The minimum Gasteiger partial charge on any atom is -0.374 e. The predicted molar refractivity (Wildman–Crippen MR) is 72.1 cm³/mol. The van der Waals surface area contributed by atoms with E-state index in [4.69, 9.17) is 0 Å². The minimum absolute atomic E-state index is 1.04. The van der Waals surface area contributed by atoms with Gasteiger partial charge in [0.15, 0.2) is 0 Å². The molecule has 0 saturated heterocycles. The first-order valence-electron chi connectivity index (χ1n) is 7.20. The zero-order valence-electron chi connectivity index (χ0n) is 10.9. The fourth-order valence-corrected chi connectivity index (χ4v) is 2.18. The summed E-state index contributed by atoms with van der Waals surface area (Å²) < 4.78 is 0. The van der Waals surface area contributed by atoms with E-state index in [2.05, 4.69) is 17.2 Å². The smallest absolute Gasteiger partial charge is 0.0963 e. The SMILES string of the molecule is CCCCCCCCCCNC1=NCCC1. The summed E-state index contributed by atoms with van der Waals surface area (Å²) in [5.74, 6) is 1.25. The molecule has 0 radical (unpaired) electrons. The summed E-state index contributed by atoms with van der Waals surface area (Å²) in [5, 5.41) is 3.44.